The van der Waals surface area contributed by atoms with E-state index in [0.717, 1.165) is 18.7 Å². The van der Waals surface area contributed by atoms with Gasteiger partial charge in [-0.3, -0.25) is 0 Å². The van der Waals surface area contributed by atoms with E-state index in [4.69, 9.17) is 27.9 Å². The van der Waals surface area contributed by atoms with E-state index in [2.05, 4.69) is 35.4 Å². The molecule has 36 heavy (non-hydrogen) atoms. The van der Waals surface area contributed by atoms with Crippen molar-refractivity contribution in [2.45, 2.75) is 25.6 Å². The number of hydrogen-bond donors (Lipinski definition) is 2. The van der Waals surface area contributed by atoms with E-state index < -0.39 is 5.60 Å². The van der Waals surface area contributed by atoms with E-state index >= 15 is 0 Å². The zero-order chi connectivity index (χ0) is 25.4. The summed E-state index contributed by atoms with van der Waals surface area (Å²) in [5.41, 5.74) is 2.78. The molecule has 0 aliphatic heterocycles. The summed E-state index contributed by atoms with van der Waals surface area (Å²) in [6, 6.07) is 23.2. The van der Waals surface area contributed by atoms with E-state index in [0.29, 0.717) is 21.4 Å². The third-order valence-corrected chi connectivity index (χ3v) is 6.50. The van der Waals surface area contributed by atoms with E-state index in [-0.39, 0.29) is 13.2 Å². The lowest BCUT2D eigenvalue weighted by Crippen LogP contribution is -2.38. The summed E-state index contributed by atoms with van der Waals surface area (Å²) in [6.07, 6.45) is 7.28. The van der Waals surface area contributed by atoms with Gasteiger partial charge in [0.1, 0.15) is 18.0 Å². The van der Waals surface area contributed by atoms with Gasteiger partial charge in [-0.25, -0.2) is 4.98 Å². The lowest BCUT2D eigenvalue weighted by molar-refractivity contribution is -0.0242. The van der Waals surface area contributed by atoms with Crippen LogP contribution in [0.5, 0.6) is 5.75 Å². The van der Waals surface area contributed by atoms with Gasteiger partial charge in [-0.05, 0) is 47.9 Å². The fraction of sp³-hybridized carbons (Fsp3) is 0.207. The minimum atomic E-state index is -1.38. The second kappa shape index (κ2) is 12.2. The molecule has 186 valence electrons. The molecule has 5 nitrogen and oxygen atoms in total. The first-order chi connectivity index (χ1) is 17.4. The average Bonchev–Trinajstić information content (AvgIpc) is 3.39. The highest BCUT2D eigenvalue weighted by Crippen LogP contribution is 2.33. The summed E-state index contributed by atoms with van der Waals surface area (Å²) < 4.78 is 7.80. The molecule has 0 bridgehead atoms. The van der Waals surface area contributed by atoms with Crippen molar-refractivity contribution in [3.05, 3.63) is 124 Å². The molecule has 0 saturated heterocycles. The van der Waals surface area contributed by atoms with Gasteiger partial charge in [0.2, 0.25) is 0 Å². The molecule has 1 unspecified atom stereocenters. The Morgan fingerprint density at radius 2 is 1.86 bits per heavy atom. The van der Waals surface area contributed by atoms with Gasteiger partial charge in [-0.1, -0.05) is 77.8 Å². The zero-order valence-electron chi connectivity index (χ0n) is 20.1. The number of aliphatic hydroxyl groups is 1. The molecule has 0 radical (unpaired) electrons. The van der Waals surface area contributed by atoms with Crippen LogP contribution in [0.3, 0.4) is 0 Å². The fourth-order valence-corrected chi connectivity index (χ4v) is 4.51. The number of rotatable bonds is 11. The van der Waals surface area contributed by atoms with Crippen LogP contribution >= 0.6 is 23.2 Å². The molecule has 0 saturated carbocycles. The largest absolute Gasteiger partial charge is 0.490 e. The normalized spacial score (nSPS) is 13.4. The standard InChI is InChI=1S/C29H29Cl2N3O2/c1-22(24-5-3-2-4-6-24)13-14-32-18-23-7-10-26(11-8-23)36-20-29(35,19-34-16-15-33-21-34)27-12-9-25(30)17-28(27)31/h2-13,15-17,21,32,35H,14,18-20H2,1H3. The molecule has 0 aliphatic carbocycles. The van der Waals surface area contributed by atoms with Gasteiger partial charge in [0.25, 0.3) is 0 Å². The highest BCUT2D eigenvalue weighted by Gasteiger charge is 2.33. The highest BCUT2D eigenvalue weighted by atomic mass is 35.5. The summed E-state index contributed by atoms with van der Waals surface area (Å²) in [5, 5.41) is 15.9. The summed E-state index contributed by atoms with van der Waals surface area (Å²) in [5.74, 6) is 0.660. The van der Waals surface area contributed by atoms with Crippen LogP contribution in [0.25, 0.3) is 5.57 Å². The number of halogens is 2. The molecule has 4 rings (SSSR count). The quantitative estimate of drug-likeness (QED) is 0.226. The fourth-order valence-electron chi connectivity index (χ4n) is 3.92. The summed E-state index contributed by atoms with van der Waals surface area (Å²) in [7, 11) is 0. The van der Waals surface area contributed by atoms with Crippen LogP contribution in [0, 0.1) is 0 Å². The van der Waals surface area contributed by atoms with Gasteiger partial charge < -0.3 is 19.7 Å². The molecule has 2 N–H and O–H groups in total. The number of nitrogens with zero attached hydrogens (tertiary/aromatic N) is 2. The summed E-state index contributed by atoms with van der Waals surface area (Å²) >= 11 is 12.5. The zero-order valence-corrected chi connectivity index (χ0v) is 21.6. The Morgan fingerprint density at radius 1 is 1.08 bits per heavy atom. The van der Waals surface area contributed by atoms with Crippen molar-refractivity contribution in [1.82, 2.24) is 14.9 Å². The van der Waals surface area contributed by atoms with Gasteiger partial charge >= 0.3 is 0 Å². The van der Waals surface area contributed by atoms with Crippen molar-refractivity contribution in [2.24, 2.45) is 0 Å². The van der Waals surface area contributed by atoms with Crippen molar-refractivity contribution in [1.29, 1.82) is 0 Å². The maximum atomic E-state index is 11.6. The Kier molecular flexibility index (Phi) is 8.83. The maximum absolute atomic E-state index is 11.6. The van der Waals surface area contributed by atoms with Gasteiger partial charge in [0.15, 0.2) is 0 Å². The number of ether oxygens (including phenoxy) is 1. The van der Waals surface area contributed by atoms with Crippen LogP contribution in [0.15, 0.2) is 97.6 Å². The van der Waals surface area contributed by atoms with Crippen LogP contribution in [-0.4, -0.2) is 27.8 Å². The lowest BCUT2D eigenvalue weighted by atomic mass is 9.94. The second-order valence-electron chi connectivity index (χ2n) is 8.71. The minimum Gasteiger partial charge on any atom is -0.490 e. The molecule has 1 aromatic heterocycles. The number of allylic oxidation sites excluding steroid dienone is 1. The monoisotopic (exact) mass is 521 g/mol. The molecule has 0 aliphatic rings. The third kappa shape index (κ3) is 6.99. The van der Waals surface area contributed by atoms with Crippen molar-refractivity contribution in [2.75, 3.05) is 13.2 Å². The molecule has 4 aromatic rings. The highest BCUT2D eigenvalue weighted by molar-refractivity contribution is 6.35. The Labute approximate surface area is 222 Å². The molecule has 0 spiro atoms. The van der Waals surface area contributed by atoms with E-state index in [1.807, 2.05) is 42.5 Å². The van der Waals surface area contributed by atoms with Gasteiger partial charge in [0, 0.05) is 41.1 Å². The Hall–Kier alpha value is -3.09. The number of nitrogens with one attached hydrogen (secondary N) is 1. The molecule has 0 fully saturated rings. The van der Waals surface area contributed by atoms with Crippen LogP contribution in [0.2, 0.25) is 10.0 Å². The molecule has 7 heteroatoms. The number of hydrogen-bond acceptors (Lipinski definition) is 4. The van der Waals surface area contributed by atoms with Crippen LogP contribution < -0.4 is 10.1 Å². The molecule has 0 amide bonds. The van der Waals surface area contributed by atoms with Gasteiger partial charge in [-0.15, -0.1) is 0 Å². The molecular weight excluding hydrogens is 493 g/mol. The molecule has 1 atom stereocenters. The SMILES string of the molecule is CC(=CCNCc1ccc(OCC(O)(Cn2ccnc2)c2ccc(Cl)cc2Cl)cc1)c1ccccc1. The van der Waals surface area contributed by atoms with Crippen LogP contribution in [0.1, 0.15) is 23.6 Å². The van der Waals surface area contributed by atoms with Crippen molar-refractivity contribution in [3.8, 4) is 5.75 Å². The number of benzene rings is 3. The summed E-state index contributed by atoms with van der Waals surface area (Å²) in [4.78, 5) is 4.07. The number of imidazole rings is 1. The van der Waals surface area contributed by atoms with Crippen molar-refractivity contribution < 1.29 is 9.84 Å². The third-order valence-electron chi connectivity index (χ3n) is 5.95. The predicted octanol–water partition coefficient (Wildman–Crippen LogP) is 6.35. The van der Waals surface area contributed by atoms with E-state index in [1.165, 1.54) is 11.1 Å². The Morgan fingerprint density at radius 3 is 2.56 bits per heavy atom. The summed E-state index contributed by atoms with van der Waals surface area (Å²) in [6.45, 7) is 3.88. The Balaban J connectivity index is 1.36. The van der Waals surface area contributed by atoms with Crippen LogP contribution in [-0.2, 0) is 18.7 Å². The molecule has 3 aromatic carbocycles. The molecule has 1 heterocycles. The van der Waals surface area contributed by atoms with Gasteiger partial charge in [-0.2, -0.15) is 0 Å². The number of aromatic nitrogens is 2. The second-order valence-corrected chi connectivity index (χ2v) is 9.55. The molecular formula is C29H29Cl2N3O2. The first kappa shape index (κ1) is 26.0. The van der Waals surface area contributed by atoms with Crippen molar-refractivity contribution in [3.63, 3.8) is 0 Å². The first-order valence-electron chi connectivity index (χ1n) is 11.7. The lowest BCUT2D eigenvalue weighted by Gasteiger charge is -2.30. The predicted molar refractivity (Wildman–Crippen MR) is 146 cm³/mol. The maximum Gasteiger partial charge on any atom is 0.143 e. The van der Waals surface area contributed by atoms with Gasteiger partial charge in [0.05, 0.1) is 12.9 Å². The van der Waals surface area contributed by atoms with E-state index in [1.54, 1.807) is 41.5 Å². The van der Waals surface area contributed by atoms with Crippen molar-refractivity contribution >= 4 is 28.8 Å². The van der Waals surface area contributed by atoms with E-state index in [9.17, 15) is 5.11 Å². The topological polar surface area (TPSA) is 59.3 Å². The smallest absolute Gasteiger partial charge is 0.143 e. The average molecular weight is 522 g/mol. The van der Waals surface area contributed by atoms with Crippen LogP contribution in [0.4, 0.5) is 0 Å². The Bertz CT molecular complexity index is 1280. The minimum absolute atomic E-state index is 0.00763. The first-order valence-corrected chi connectivity index (χ1v) is 12.5.